The van der Waals surface area contributed by atoms with E-state index in [2.05, 4.69) is 20.4 Å². The van der Waals surface area contributed by atoms with Crippen LogP contribution in [0.3, 0.4) is 0 Å². The molecule has 1 aliphatic carbocycles. The molecule has 96 valence electrons. The summed E-state index contributed by atoms with van der Waals surface area (Å²) < 4.78 is 1.75. The fourth-order valence-electron chi connectivity index (χ4n) is 2.55. The lowest BCUT2D eigenvalue weighted by atomic mass is 10.1. The molecule has 2 atom stereocenters. The molecule has 1 N–H and O–H groups in total. The van der Waals surface area contributed by atoms with Gasteiger partial charge < -0.3 is 5.32 Å². The van der Waals surface area contributed by atoms with Gasteiger partial charge in [-0.2, -0.15) is 5.10 Å². The van der Waals surface area contributed by atoms with E-state index in [4.69, 9.17) is 11.6 Å². The van der Waals surface area contributed by atoms with Gasteiger partial charge >= 0.3 is 0 Å². The molecule has 0 spiro atoms. The second-order valence-electron chi connectivity index (χ2n) is 4.82. The zero-order valence-electron chi connectivity index (χ0n) is 10.3. The molecular weight excluding hydrogens is 250 g/mol. The number of aryl methyl sites for hydroxylation is 1. The van der Waals surface area contributed by atoms with E-state index in [0.717, 1.165) is 29.8 Å². The van der Waals surface area contributed by atoms with E-state index in [1.807, 2.05) is 7.05 Å². The largest absolute Gasteiger partial charge is 0.369 e. The molecule has 0 aromatic carbocycles. The maximum absolute atomic E-state index is 6.28. The van der Waals surface area contributed by atoms with Gasteiger partial charge in [0.05, 0.1) is 11.6 Å². The molecule has 0 aliphatic heterocycles. The minimum atomic E-state index is 0.295. The SMILES string of the molecule is Cn1ncc2c(NCC3CCCC3Cl)ncnc21. The van der Waals surface area contributed by atoms with Crippen molar-refractivity contribution in [2.24, 2.45) is 13.0 Å². The Hall–Kier alpha value is -1.36. The summed E-state index contributed by atoms with van der Waals surface area (Å²) in [4.78, 5) is 8.51. The van der Waals surface area contributed by atoms with E-state index in [1.54, 1.807) is 17.2 Å². The summed E-state index contributed by atoms with van der Waals surface area (Å²) in [5.41, 5.74) is 0.848. The number of fused-ring (bicyclic) bond motifs is 1. The van der Waals surface area contributed by atoms with Crippen molar-refractivity contribution < 1.29 is 0 Å². The Balaban J connectivity index is 1.78. The van der Waals surface area contributed by atoms with Crippen LogP contribution in [-0.4, -0.2) is 31.7 Å². The molecule has 1 saturated carbocycles. The maximum atomic E-state index is 6.28. The summed E-state index contributed by atoms with van der Waals surface area (Å²) in [6.45, 7) is 0.870. The van der Waals surface area contributed by atoms with Crippen molar-refractivity contribution in [1.82, 2.24) is 19.7 Å². The molecule has 1 aliphatic rings. The summed E-state index contributed by atoms with van der Waals surface area (Å²) in [5.74, 6) is 1.39. The third-order valence-corrected chi connectivity index (χ3v) is 4.20. The highest BCUT2D eigenvalue weighted by atomic mass is 35.5. The molecule has 2 aromatic heterocycles. The fourth-order valence-corrected chi connectivity index (χ4v) is 2.92. The van der Waals surface area contributed by atoms with E-state index in [0.29, 0.717) is 11.3 Å². The van der Waals surface area contributed by atoms with Crippen LogP contribution in [0.4, 0.5) is 5.82 Å². The zero-order valence-corrected chi connectivity index (χ0v) is 11.1. The van der Waals surface area contributed by atoms with E-state index >= 15 is 0 Å². The molecule has 2 unspecified atom stereocenters. The van der Waals surface area contributed by atoms with Crippen molar-refractivity contribution in [3.8, 4) is 0 Å². The van der Waals surface area contributed by atoms with Crippen LogP contribution in [0.5, 0.6) is 0 Å². The first-order valence-corrected chi connectivity index (χ1v) is 6.70. The molecule has 0 bridgehead atoms. The van der Waals surface area contributed by atoms with Crippen molar-refractivity contribution in [1.29, 1.82) is 0 Å². The first-order valence-electron chi connectivity index (χ1n) is 6.26. The predicted octanol–water partition coefficient (Wildman–Crippen LogP) is 2.18. The second-order valence-corrected chi connectivity index (χ2v) is 5.38. The van der Waals surface area contributed by atoms with Gasteiger partial charge in [-0.25, -0.2) is 9.97 Å². The zero-order chi connectivity index (χ0) is 12.5. The molecule has 5 nitrogen and oxygen atoms in total. The average molecular weight is 266 g/mol. The number of alkyl halides is 1. The Morgan fingerprint density at radius 2 is 2.33 bits per heavy atom. The molecular formula is C12H16ClN5. The van der Waals surface area contributed by atoms with Crippen molar-refractivity contribution >= 4 is 28.5 Å². The molecule has 2 heterocycles. The van der Waals surface area contributed by atoms with Crippen LogP contribution < -0.4 is 5.32 Å². The van der Waals surface area contributed by atoms with Gasteiger partial charge in [0.15, 0.2) is 5.65 Å². The number of anilines is 1. The summed E-state index contributed by atoms with van der Waals surface area (Å²) in [6.07, 6.45) is 6.92. The summed E-state index contributed by atoms with van der Waals surface area (Å²) >= 11 is 6.28. The quantitative estimate of drug-likeness (QED) is 0.865. The van der Waals surface area contributed by atoms with E-state index in [-0.39, 0.29) is 0 Å². The van der Waals surface area contributed by atoms with Gasteiger partial charge in [0, 0.05) is 19.0 Å². The molecule has 18 heavy (non-hydrogen) atoms. The van der Waals surface area contributed by atoms with Crippen molar-refractivity contribution in [3.05, 3.63) is 12.5 Å². The molecule has 0 saturated heterocycles. The number of halogens is 1. The summed E-state index contributed by atoms with van der Waals surface area (Å²) in [6, 6.07) is 0. The minimum Gasteiger partial charge on any atom is -0.369 e. The molecule has 2 aromatic rings. The number of rotatable bonds is 3. The van der Waals surface area contributed by atoms with E-state index in [9.17, 15) is 0 Å². The first kappa shape index (κ1) is 11.7. The normalized spacial score (nSPS) is 23.7. The summed E-state index contributed by atoms with van der Waals surface area (Å²) in [7, 11) is 1.88. The average Bonchev–Trinajstić information content (AvgIpc) is 2.95. The Labute approximate surface area is 111 Å². The Morgan fingerprint density at radius 1 is 1.44 bits per heavy atom. The molecule has 6 heteroatoms. The Morgan fingerprint density at radius 3 is 3.11 bits per heavy atom. The molecule has 3 rings (SSSR count). The number of hydrogen-bond acceptors (Lipinski definition) is 4. The smallest absolute Gasteiger partial charge is 0.163 e. The van der Waals surface area contributed by atoms with Crippen LogP contribution in [0.15, 0.2) is 12.5 Å². The van der Waals surface area contributed by atoms with Gasteiger partial charge in [-0.05, 0) is 18.8 Å². The van der Waals surface area contributed by atoms with Crippen LogP contribution in [-0.2, 0) is 7.05 Å². The van der Waals surface area contributed by atoms with Gasteiger partial charge in [0.2, 0.25) is 0 Å². The lowest BCUT2D eigenvalue weighted by molar-refractivity contribution is 0.585. The van der Waals surface area contributed by atoms with Gasteiger partial charge in [0.1, 0.15) is 12.1 Å². The standard InChI is InChI=1S/C12H16ClN5/c1-18-12-9(6-17-18)11(15-7-16-12)14-5-8-3-2-4-10(8)13/h6-8,10H,2-5H2,1H3,(H,14,15,16). The van der Waals surface area contributed by atoms with Crippen molar-refractivity contribution in [3.63, 3.8) is 0 Å². The molecule has 0 amide bonds. The van der Waals surface area contributed by atoms with Crippen molar-refractivity contribution in [2.75, 3.05) is 11.9 Å². The fraction of sp³-hybridized carbons (Fsp3) is 0.583. The van der Waals surface area contributed by atoms with E-state index in [1.165, 1.54) is 12.8 Å². The van der Waals surface area contributed by atoms with Gasteiger partial charge in [-0.15, -0.1) is 11.6 Å². The van der Waals surface area contributed by atoms with Gasteiger partial charge in [-0.1, -0.05) is 6.42 Å². The van der Waals surface area contributed by atoms with Crippen LogP contribution in [0, 0.1) is 5.92 Å². The molecule has 1 fully saturated rings. The summed E-state index contributed by atoms with van der Waals surface area (Å²) in [5, 5.41) is 8.84. The van der Waals surface area contributed by atoms with Crippen molar-refractivity contribution in [2.45, 2.75) is 24.6 Å². The highest BCUT2D eigenvalue weighted by Gasteiger charge is 2.25. The number of aromatic nitrogens is 4. The number of nitrogens with zero attached hydrogens (tertiary/aromatic N) is 4. The Kier molecular flexibility index (Phi) is 3.07. The monoisotopic (exact) mass is 265 g/mol. The predicted molar refractivity (Wildman–Crippen MR) is 71.8 cm³/mol. The van der Waals surface area contributed by atoms with Crippen LogP contribution in [0.25, 0.3) is 11.0 Å². The highest BCUT2D eigenvalue weighted by molar-refractivity contribution is 6.21. The number of nitrogens with one attached hydrogen (secondary N) is 1. The second kappa shape index (κ2) is 4.72. The lowest BCUT2D eigenvalue weighted by Crippen LogP contribution is -2.19. The van der Waals surface area contributed by atoms with Crippen LogP contribution in [0.2, 0.25) is 0 Å². The van der Waals surface area contributed by atoms with E-state index < -0.39 is 0 Å². The van der Waals surface area contributed by atoms with Gasteiger partial charge in [-0.3, -0.25) is 4.68 Å². The first-order chi connectivity index (χ1) is 8.75. The topological polar surface area (TPSA) is 55.6 Å². The third kappa shape index (κ3) is 2.03. The van der Waals surface area contributed by atoms with Crippen LogP contribution >= 0.6 is 11.6 Å². The number of hydrogen-bond donors (Lipinski definition) is 1. The van der Waals surface area contributed by atoms with Crippen LogP contribution in [0.1, 0.15) is 19.3 Å². The maximum Gasteiger partial charge on any atom is 0.163 e. The third-order valence-electron chi connectivity index (χ3n) is 3.63. The minimum absolute atomic E-state index is 0.295. The molecule has 0 radical (unpaired) electrons. The highest BCUT2D eigenvalue weighted by Crippen LogP contribution is 2.30. The lowest BCUT2D eigenvalue weighted by Gasteiger charge is -2.14. The Bertz CT molecular complexity index is 552. The van der Waals surface area contributed by atoms with Gasteiger partial charge in [0.25, 0.3) is 0 Å².